The molecule has 2 N–H and O–H groups in total. The molecule has 0 fully saturated rings. The molecule has 116 valence electrons. The molecule has 8 nitrogen and oxygen atoms in total. The summed E-state index contributed by atoms with van der Waals surface area (Å²) in [6.07, 6.45) is 0. The predicted molar refractivity (Wildman–Crippen MR) is 82.1 cm³/mol. The Labute approximate surface area is 130 Å². The van der Waals surface area contributed by atoms with E-state index in [-0.39, 0.29) is 17.2 Å². The molecule has 1 heterocycles. The minimum atomic E-state index is -0.518. The van der Waals surface area contributed by atoms with Crippen molar-refractivity contribution in [3.8, 4) is 34.3 Å². The zero-order chi connectivity index (χ0) is 16.4. The highest BCUT2D eigenvalue weighted by molar-refractivity contribution is 5.66. The first-order valence-corrected chi connectivity index (χ1v) is 6.63. The molecule has 0 saturated heterocycles. The van der Waals surface area contributed by atoms with Gasteiger partial charge in [-0.2, -0.15) is 5.10 Å². The molecule has 0 amide bonds. The fourth-order valence-electron chi connectivity index (χ4n) is 2.11. The van der Waals surface area contributed by atoms with E-state index in [1.165, 1.54) is 31.4 Å². The summed E-state index contributed by atoms with van der Waals surface area (Å²) in [7, 11) is 1.37. The van der Waals surface area contributed by atoms with Crippen LogP contribution >= 0.6 is 0 Å². The lowest BCUT2D eigenvalue weighted by Gasteiger charge is -2.02. The molecule has 0 aliphatic rings. The van der Waals surface area contributed by atoms with Gasteiger partial charge in [0.1, 0.15) is 5.75 Å². The Hall–Kier alpha value is -3.42. The maximum atomic E-state index is 11.1. The van der Waals surface area contributed by atoms with Gasteiger partial charge in [-0.05, 0) is 36.4 Å². The van der Waals surface area contributed by atoms with E-state index >= 15 is 0 Å². The molecule has 0 saturated carbocycles. The van der Waals surface area contributed by atoms with E-state index in [9.17, 15) is 15.2 Å². The van der Waals surface area contributed by atoms with Gasteiger partial charge in [0, 0.05) is 17.2 Å². The summed E-state index contributed by atoms with van der Waals surface area (Å²) in [5.41, 5.74) is 1.09. The van der Waals surface area contributed by atoms with Crippen LogP contribution in [0, 0.1) is 10.1 Å². The summed E-state index contributed by atoms with van der Waals surface area (Å²) in [6.45, 7) is 0. The number of hydrogen-bond acceptors (Lipinski definition) is 6. The maximum Gasteiger partial charge on any atom is 0.311 e. The van der Waals surface area contributed by atoms with Crippen molar-refractivity contribution in [3.05, 3.63) is 52.6 Å². The smallest absolute Gasteiger partial charge is 0.311 e. The SMILES string of the molecule is COc1ccc(-c2n[nH]c(-c3ccc(O)cc3)n2)cc1[N+](=O)[O-]. The van der Waals surface area contributed by atoms with Crippen molar-refractivity contribution in [2.75, 3.05) is 7.11 Å². The lowest BCUT2D eigenvalue weighted by atomic mass is 10.1. The van der Waals surface area contributed by atoms with Crippen LogP contribution in [0.2, 0.25) is 0 Å². The molecule has 0 spiro atoms. The maximum absolute atomic E-state index is 11.1. The third-order valence-electron chi connectivity index (χ3n) is 3.26. The van der Waals surface area contributed by atoms with Gasteiger partial charge in [-0.15, -0.1) is 0 Å². The normalized spacial score (nSPS) is 10.5. The van der Waals surface area contributed by atoms with E-state index in [1.807, 2.05) is 0 Å². The van der Waals surface area contributed by atoms with Crippen LogP contribution in [0.1, 0.15) is 0 Å². The summed E-state index contributed by atoms with van der Waals surface area (Å²) in [5, 5.41) is 27.2. The van der Waals surface area contributed by atoms with E-state index in [0.29, 0.717) is 17.2 Å². The molecule has 0 unspecified atom stereocenters. The largest absolute Gasteiger partial charge is 0.508 e. The van der Waals surface area contributed by atoms with E-state index < -0.39 is 4.92 Å². The number of aromatic hydroxyl groups is 1. The number of aromatic nitrogens is 3. The van der Waals surface area contributed by atoms with Crippen LogP contribution in [0.3, 0.4) is 0 Å². The van der Waals surface area contributed by atoms with Crippen molar-refractivity contribution in [2.45, 2.75) is 0 Å². The summed E-state index contributed by atoms with van der Waals surface area (Å²) in [4.78, 5) is 14.9. The van der Waals surface area contributed by atoms with Gasteiger partial charge in [-0.3, -0.25) is 15.2 Å². The minimum absolute atomic E-state index is 0.152. The summed E-state index contributed by atoms with van der Waals surface area (Å²) in [5.74, 6) is 1.16. The third-order valence-corrected chi connectivity index (χ3v) is 3.26. The number of nitrogens with one attached hydrogen (secondary N) is 1. The highest BCUT2D eigenvalue weighted by Crippen LogP contribution is 2.31. The molecule has 3 aromatic rings. The van der Waals surface area contributed by atoms with Crippen LogP contribution in [0.15, 0.2) is 42.5 Å². The molecule has 0 radical (unpaired) electrons. The highest BCUT2D eigenvalue weighted by Gasteiger charge is 2.17. The van der Waals surface area contributed by atoms with Crippen molar-refractivity contribution in [2.24, 2.45) is 0 Å². The van der Waals surface area contributed by atoms with Crippen molar-refractivity contribution in [1.29, 1.82) is 0 Å². The van der Waals surface area contributed by atoms with Gasteiger partial charge in [0.25, 0.3) is 0 Å². The number of methoxy groups -OCH3 is 1. The Bertz CT molecular complexity index is 858. The zero-order valence-electron chi connectivity index (χ0n) is 12.1. The second-order valence-electron chi connectivity index (χ2n) is 4.70. The van der Waals surface area contributed by atoms with Crippen molar-refractivity contribution < 1.29 is 14.8 Å². The Kier molecular flexibility index (Phi) is 3.63. The molecule has 23 heavy (non-hydrogen) atoms. The Morgan fingerprint density at radius 2 is 1.87 bits per heavy atom. The molecule has 8 heteroatoms. The van der Waals surface area contributed by atoms with Gasteiger partial charge in [-0.1, -0.05) is 0 Å². The lowest BCUT2D eigenvalue weighted by molar-refractivity contribution is -0.385. The van der Waals surface area contributed by atoms with Crippen molar-refractivity contribution >= 4 is 5.69 Å². The first-order chi connectivity index (χ1) is 11.1. The second kappa shape index (κ2) is 5.76. The standard InChI is InChI=1S/C15H12N4O4/c1-23-13-7-4-10(8-12(13)19(21)22)15-16-14(17-18-15)9-2-5-11(20)6-3-9/h2-8,20H,1H3,(H,16,17,18). The van der Waals surface area contributed by atoms with Gasteiger partial charge in [-0.25, -0.2) is 4.98 Å². The summed E-state index contributed by atoms with van der Waals surface area (Å²) >= 11 is 0. The number of phenolic OH excluding ortho intramolecular Hbond substituents is 1. The molecule has 1 aromatic heterocycles. The molecular formula is C15H12N4O4. The summed E-state index contributed by atoms with van der Waals surface area (Å²) < 4.78 is 4.97. The fourth-order valence-corrected chi connectivity index (χ4v) is 2.11. The van der Waals surface area contributed by atoms with Gasteiger partial charge >= 0.3 is 5.69 Å². The number of nitrogens with zero attached hydrogens (tertiary/aromatic N) is 3. The van der Waals surface area contributed by atoms with Crippen LogP contribution in [0.4, 0.5) is 5.69 Å². The first kappa shape index (κ1) is 14.5. The zero-order valence-corrected chi connectivity index (χ0v) is 12.1. The van der Waals surface area contributed by atoms with Gasteiger partial charge in [0.2, 0.25) is 0 Å². The van der Waals surface area contributed by atoms with Crippen LogP contribution in [0.5, 0.6) is 11.5 Å². The quantitative estimate of drug-likeness (QED) is 0.565. The number of ether oxygens (including phenoxy) is 1. The van der Waals surface area contributed by atoms with Gasteiger partial charge < -0.3 is 9.84 Å². The van der Waals surface area contributed by atoms with E-state index in [1.54, 1.807) is 18.2 Å². The van der Waals surface area contributed by atoms with Crippen molar-refractivity contribution in [3.63, 3.8) is 0 Å². The Morgan fingerprint density at radius 1 is 1.17 bits per heavy atom. The highest BCUT2D eigenvalue weighted by atomic mass is 16.6. The molecule has 0 aliphatic heterocycles. The monoisotopic (exact) mass is 312 g/mol. The topological polar surface area (TPSA) is 114 Å². The van der Waals surface area contributed by atoms with Crippen LogP contribution < -0.4 is 4.74 Å². The fraction of sp³-hybridized carbons (Fsp3) is 0.0667. The van der Waals surface area contributed by atoms with Crippen LogP contribution in [-0.4, -0.2) is 32.3 Å². The number of aromatic amines is 1. The van der Waals surface area contributed by atoms with Gasteiger partial charge in [0.05, 0.1) is 12.0 Å². The van der Waals surface area contributed by atoms with E-state index in [0.717, 1.165) is 5.56 Å². The summed E-state index contributed by atoms with van der Waals surface area (Å²) in [6, 6.07) is 11.0. The number of phenols is 1. The molecule has 0 aliphatic carbocycles. The molecule has 0 atom stereocenters. The molecule has 3 rings (SSSR count). The van der Waals surface area contributed by atoms with E-state index in [2.05, 4.69) is 15.2 Å². The predicted octanol–water partition coefficient (Wildman–Crippen LogP) is 2.76. The molecule has 2 aromatic carbocycles. The number of nitro groups is 1. The molecular weight excluding hydrogens is 300 g/mol. The molecule has 0 bridgehead atoms. The third kappa shape index (κ3) is 2.82. The number of H-pyrrole nitrogens is 1. The van der Waals surface area contributed by atoms with E-state index in [4.69, 9.17) is 4.74 Å². The number of benzene rings is 2. The number of rotatable bonds is 4. The number of hydrogen-bond donors (Lipinski definition) is 2. The van der Waals surface area contributed by atoms with Crippen molar-refractivity contribution in [1.82, 2.24) is 15.2 Å². The minimum Gasteiger partial charge on any atom is -0.508 e. The number of nitro benzene ring substituents is 1. The Morgan fingerprint density at radius 3 is 2.52 bits per heavy atom. The lowest BCUT2D eigenvalue weighted by Crippen LogP contribution is -1.94. The van der Waals surface area contributed by atoms with Gasteiger partial charge in [0.15, 0.2) is 17.4 Å². The van der Waals surface area contributed by atoms with Crippen LogP contribution in [0.25, 0.3) is 22.8 Å². The van der Waals surface area contributed by atoms with Crippen LogP contribution in [-0.2, 0) is 0 Å². The average Bonchev–Trinajstić information content (AvgIpc) is 3.04. The first-order valence-electron chi connectivity index (χ1n) is 6.63. The average molecular weight is 312 g/mol. The second-order valence-corrected chi connectivity index (χ2v) is 4.70. The Balaban J connectivity index is 1.98.